The number of carbonyl (C=O) groups is 2. The molecule has 0 saturated carbocycles. The molecule has 0 aliphatic heterocycles. The van der Waals surface area contributed by atoms with Crippen LogP contribution >= 0.6 is 11.3 Å². The third-order valence-corrected chi connectivity index (χ3v) is 6.03. The van der Waals surface area contributed by atoms with Gasteiger partial charge in [-0.2, -0.15) is 0 Å². The lowest BCUT2D eigenvalue weighted by molar-refractivity contribution is -0.122. The number of benzene rings is 1. The fraction of sp³-hybridized carbons (Fsp3) is 0.400. The molecule has 5 nitrogen and oxygen atoms in total. The fourth-order valence-electron chi connectivity index (χ4n) is 3.22. The Morgan fingerprint density at radius 3 is 2.69 bits per heavy atom. The summed E-state index contributed by atoms with van der Waals surface area (Å²) in [6.07, 6.45) is 2.71. The number of nitrogens with one attached hydrogen (secondary N) is 1. The lowest BCUT2D eigenvalue weighted by Gasteiger charge is -2.18. The van der Waals surface area contributed by atoms with Gasteiger partial charge in [-0.1, -0.05) is 13.0 Å². The second-order valence-electron chi connectivity index (χ2n) is 6.68. The molecule has 1 aliphatic rings. The van der Waals surface area contributed by atoms with Crippen molar-refractivity contribution in [3.63, 3.8) is 0 Å². The molecular formula is C20H24N2O3S. The van der Waals surface area contributed by atoms with Crippen LogP contribution in [0.15, 0.2) is 18.2 Å². The first kappa shape index (κ1) is 18.5. The molecule has 0 saturated heterocycles. The van der Waals surface area contributed by atoms with Gasteiger partial charge in [-0.25, -0.2) is 0 Å². The van der Waals surface area contributed by atoms with Gasteiger partial charge < -0.3 is 15.8 Å². The summed E-state index contributed by atoms with van der Waals surface area (Å²) in [7, 11) is 0. The zero-order valence-corrected chi connectivity index (χ0v) is 16.2. The predicted octanol–water partition coefficient (Wildman–Crippen LogP) is 3.75. The number of amides is 2. The zero-order valence-electron chi connectivity index (χ0n) is 15.3. The van der Waals surface area contributed by atoms with Crippen molar-refractivity contribution in [3.05, 3.63) is 45.3 Å². The van der Waals surface area contributed by atoms with Crippen molar-refractivity contribution >= 4 is 28.2 Å². The first-order valence-corrected chi connectivity index (χ1v) is 9.71. The molecule has 0 spiro atoms. The highest BCUT2D eigenvalue weighted by atomic mass is 32.1. The van der Waals surface area contributed by atoms with E-state index >= 15 is 0 Å². The minimum Gasteiger partial charge on any atom is -0.481 e. The van der Waals surface area contributed by atoms with Crippen molar-refractivity contribution in [2.45, 2.75) is 52.6 Å². The van der Waals surface area contributed by atoms with E-state index in [4.69, 9.17) is 10.5 Å². The molecule has 3 rings (SSSR count). The average molecular weight is 372 g/mol. The van der Waals surface area contributed by atoms with E-state index in [2.05, 4.69) is 5.32 Å². The molecule has 0 fully saturated rings. The Kier molecular flexibility index (Phi) is 5.32. The Labute approximate surface area is 157 Å². The lowest BCUT2D eigenvalue weighted by atomic mass is 10.1. The topological polar surface area (TPSA) is 81.4 Å². The molecule has 1 atom stereocenters. The number of hydrogen-bond acceptors (Lipinski definition) is 4. The third-order valence-electron chi connectivity index (χ3n) is 4.82. The van der Waals surface area contributed by atoms with E-state index in [9.17, 15) is 9.59 Å². The fourth-order valence-corrected chi connectivity index (χ4v) is 4.52. The summed E-state index contributed by atoms with van der Waals surface area (Å²) in [5.41, 5.74) is 9.32. The minimum absolute atomic E-state index is 0.256. The van der Waals surface area contributed by atoms with E-state index in [1.165, 1.54) is 16.9 Å². The van der Waals surface area contributed by atoms with Gasteiger partial charge in [0.2, 0.25) is 0 Å². The summed E-state index contributed by atoms with van der Waals surface area (Å²) in [6.45, 7) is 5.94. The molecule has 1 aliphatic carbocycles. The Morgan fingerprint density at radius 2 is 2.04 bits per heavy atom. The van der Waals surface area contributed by atoms with E-state index in [-0.39, 0.29) is 5.91 Å². The summed E-state index contributed by atoms with van der Waals surface area (Å²) < 4.78 is 5.89. The number of primary amides is 1. The maximum atomic E-state index is 12.7. The summed E-state index contributed by atoms with van der Waals surface area (Å²) in [4.78, 5) is 25.7. The second-order valence-corrected chi connectivity index (χ2v) is 7.78. The van der Waals surface area contributed by atoms with Crippen LogP contribution in [-0.4, -0.2) is 17.9 Å². The van der Waals surface area contributed by atoms with E-state index in [1.807, 2.05) is 39.0 Å². The van der Waals surface area contributed by atoms with Crippen LogP contribution in [0, 0.1) is 13.8 Å². The number of carbonyl (C=O) groups excluding carboxylic acids is 2. The highest BCUT2D eigenvalue weighted by Crippen LogP contribution is 2.39. The van der Waals surface area contributed by atoms with Crippen molar-refractivity contribution in [3.8, 4) is 5.75 Å². The van der Waals surface area contributed by atoms with Crippen molar-refractivity contribution < 1.29 is 14.3 Å². The van der Waals surface area contributed by atoms with Gasteiger partial charge in [0.15, 0.2) is 6.10 Å². The van der Waals surface area contributed by atoms with Crippen molar-refractivity contribution in [2.75, 3.05) is 5.32 Å². The van der Waals surface area contributed by atoms with E-state index < -0.39 is 12.0 Å². The molecule has 6 heteroatoms. The molecule has 1 unspecified atom stereocenters. The highest BCUT2D eigenvalue weighted by Gasteiger charge is 2.28. The van der Waals surface area contributed by atoms with Gasteiger partial charge in [0.25, 0.3) is 11.8 Å². The summed E-state index contributed by atoms with van der Waals surface area (Å²) in [5.74, 6) is -0.0742. The Balaban J connectivity index is 1.78. The van der Waals surface area contributed by atoms with Crippen LogP contribution in [0.4, 0.5) is 5.00 Å². The molecule has 2 aromatic rings. The summed E-state index contributed by atoms with van der Waals surface area (Å²) >= 11 is 1.46. The number of anilines is 1. The van der Waals surface area contributed by atoms with Gasteiger partial charge in [0, 0.05) is 4.88 Å². The van der Waals surface area contributed by atoms with E-state index in [0.717, 1.165) is 35.3 Å². The zero-order chi connectivity index (χ0) is 18.8. The molecule has 0 bridgehead atoms. The Hall–Kier alpha value is -2.34. The quantitative estimate of drug-likeness (QED) is 0.810. The first-order chi connectivity index (χ1) is 12.4. The molecule has 26 heavy (non-hydrogen) atoms. The van der Waals surface area contributed by atoms with Crippen LogP contribution < -0.4 is 15.8 Å². The van der Waals surface area contributed by atoms with Crippen molar-refractivity contribution in [1.82, 2.24) is 0 Å². The van der Waals surface area contributed by atoms with Gasteiger partial charge in [-0.15, -0.1) is 11.3 Å². The minimum atomic E-state index is -0.630. The van der Waals surface area contributed by atoms with Crippen molar-refractivity contribution in [1.29, 1.82) is 0 Å². The number of aryl methyl sites for hydroxylation is 3. The first-order valence-electron chi connectivity index (χ1n) is 8.89. The summed E-state index contributed by atoms with van der Waals surface area (Å²) in [5, 5.41) is 3.42. The smallest absolute Gasteiger partial charge is 0.266 e. The molecule has 1 heterocycles. The van der Waals surface area contributed by atoms with Gasteiger partial charge >= 0.3 is 0 Å². The highest BCUT2D eigenvalue weighted by molar-refractivity contribution is 7.17. The number of fused-ring (bicyclic) bond motifs is 1. The molecule has 2 amide bonds. The molecule has 1 aromatic carbocycles. The van der Waals surface area contributed by atoms with Gasteiger partial charge in [0.05, 0.1) is 5.56 Å². The Bertz CT molecular complexity index is 857. The molecule has 1 aromatic heterocycles. The van der Waals surface area contributed by atoms with Gasteiger partial charge in [0.1, 0.15) is 10.8 Å². The van der Waals surface area contributed by atoms with Crippen LogP contribution in [0.2, 0.25) is 0 Å². The lowest BCUT2D eigenvalue weighted by Crippen LogP contribution is -2.32. The number of hydrogen-bond donors (Lipinski definition) is 2. The Morgan fingerprint density at radius 1 is 1.27 bits per heavy atom. The van der Waals surface area contributed by atoms with E-state index in [0.29, 0.717) is 22.7 Å². The largest absolute Gasteiger partial charge is 0.481 e. The monoisotopic (exact) mass is 372 g/mol. The van der Waals surface area contributed by atoms with Crippen LogP contribution in [0.5, 0.6) is 5.75 Å². The maximum absolute atomic E-state index is 12.7. The number of rotatable bonds is 6. The third kappa shape index (κ3) is 3.60. The van der Waals surface area contributed by atoms with E-state index in [1.54, 1.807) is 0 Å². The van der Waals surface area contributed by atoms with Crippen LogP contribution in [0.1, 0.15) is 51.7 Å². The van der Waals surface area contributed by atoms with Crippen molar-refractivity contribution in [2.24, 2.45) is 5.73 Å². The molecule has 0 radical (unpaired) electrons. The molecule has 3 N–H and O–H groups in total. The molecule has 138 valence electrons. The molecular weight excluding hydrogens is 348 g/mol. The standard InChI is InChI=1S/C20H24N2O3S/c1-4-15(25-13-9-8-11(2)12(3)10-13)19(24)22-20-17(18(21)23)14-6-5-7-16(14)26-20/h8-10,15H,4-7H2,1-3H3,(H2,21,23)(H,22,24). The van der Waals surface area contributed by atoms with Crippen LogP contribution in [0.3, 0.4) is 0 Å². The van der Waals surface area contributed by atoms with Gasteiger partial charge in [-0.3, -0.25) is 9.59 Å². The number of ether oxygens (including phenoxy) is 1. The second kappa shape index (κ2) is 7.50. The summed E-state index contributed by atoms with van der Waals surface area (Å²) in [6, 6.07) is 5.77. The maximum Gasteiger partial charge on any atom is 0.266 e. The van der Waals surface area contributed by atoms with Crippen LogP contribution in [0.25, 0.3) is 0 Å². The SMILES string of the molecule is CCC(Oc1ccc(C)c(C)c1)C(=O)Nc1sc2c(c1C(N)=O)CCC2. The normalized spacial score (nSPS) is 14.0. The number of thiophene rings is 1. The number of nitrogens with two attached hydrogens (primary N) is 1. The van der Waals surface area contributed by atoms with Gasteiger partial charge in [-0.05, 0) is 68.4 Å². The van der Waals surface area contributed by atoms with Crippen LogP contribution in [-0.2, 0) is 17.6 Å². The average Bonchev–Trinajstić information content (AvgIpc) is 3.15. The predicted molar refractivity (Wildman–Crippen MR) is 104 cm³/mol.